The lowest BCUT2D eigenvalue weighted by Gasteiger charge is -1.73. The van der Waals surface area contributed by atoms with Gasteiger partial charge in [-0.1, -0.05) is 6.08 Å². The summed E-state index contributed by atoms with van der Waals surface area (Å²) >= 11 is 0. The zero-order valence-electron chi connectivity index (χ0n) is 4.74. The van der Waals surface area contributed by atoms with E-state index in [2.05, 4.69) is 0 Å². The van der Waals surface area contributed by atoms with Crippen LogP contribution in [0.25, 0.3) is 0 Å². The molecular weight excluding hydrogens is 120 g/mol. The molecule has 0 bridgehead atoms. The fraction of sp³-hybridized carbons (Fsp3) is 0.167. The Kier molecular flexibility index (Phi) is 4.22. The molecule has 0 heterocycles. The number of rotatable bonds is 4. The van der Waals surface area contributed by atoms with Crippen molar-refractivity contribution in [1.29, 1.82) is 0 Å². The standard InChI is InChI=1S/C6H6O3/c7-4-2-1-3-6(9)5-8/h1,3-5H,2H2/b3-1+. The van der Waals surface area contributed by atoms with Crippen molar-refractivity contribution in [3.05, 3.63) is 12.2 Å². The normalized spacial score (nSPS) is 9.33. The van der Waals surface area contributed by atoms with E-state index in [1.165, 1.54) is 6.08 Å². The first-order valence-corrected chi connectivity index (χ1v) is 2.40. The van der Waals surface area contributed by atoms with Crippen LogP contribution in [0, 0.1) is 0 Å². The molecule has 0 aromatic carbocycles. The second kappa shape index (κ2) is 4.90. The highest BCUT2D eigenvalue weighted by Gasteiger charge is 1.86. The van der Waals surface area contributed by atoms with Crippen molar-refractivity contribution >= 4 is 18.4 Å². The Balaban J connectivity index is 3.56. The maximum Gasteiger partial charge on any atom is 0.217 e. The summed E-state index contributed by atoms with van der Waals surface area (Å²) in [5.74, 6) is -0.614. The van der Waals surface area contributed by atoms with E-state index in [0.717, 1.165) is 6.08 Å². The van der Waals surface area contributed by atoms with E-state index < -0.39 is 5.78 Å². The number of hydrogen-bond donors (Lipinski definition) is 0. The van der Waals surface area contributed by atoms with Crippen molar-refractivity contribution in [1.82, 2.24) is 0 Å². The maximum absolute atomic E-state index is 10.1. The average molecular weight is 126 g/mol. The van der Waals surface area contributed by atoms with Crippen LogP contribution in [-0.2, 0) is 14.4 Å². The summed E-state index contributed by atoms with van der Waals surface area (Å²) in [5, 5.41) is 0. The number of hydrogen-bond acceptors (Lipinski definition) is 3. The number of aldehydes is 2. The lowest BCUT2D eigenvalue weighted by Crippen LogP contribution is -1.90. The van der Waals surface area contributed by atoms with E-state index in [1.807, 2.05) is 0 Å². The molecule has 0 rings (SSSR count). The molecule has 0 spiro atoms. The second-order valence-corrected chi connectivity index (χ2v) is 1.32. The van der Waals surface area contributed by atoms with Gasteiger partial charge in [-0.25, -0.2) is 0 Å². The van der Waals surface area contributed by atoms with Gasteiger partial charge in [-0.3, -0.25) is 9.59 Å². The van der Waals surface area contributed by atoms with Gasteiger partial charge in [0.15, 0.2) is 6.29 Å². The number of carbonyl (C=O) groups is 3. The molecule has 0 atom stereocenters. The fourth-order valence-corrected chi connectivity index (χ4v) is 0.279. The molecule has 0 aromatic heterocycles. The zero-order valence-corrected chi connectivity index (χ0v) is 4.74. The molecule has 3 nitrogen and oxygen atoms in total. The van der Waals surface area contributed by atoms with E-state index in [4.69, 9.17) is 0 Å². The van der Waals surface area contributed by atoms with Crippen LogP contribution >= 0.6 is 0 Å². The van der Waals surface area contributed by atoms with Crippen LogP contribution in [0.4, 0.5) is 0 Å². The Bertz CT molecular complexity index is 146. The first kappa shape index (κ1) is 7.75. The number of allylic oxidation sites excluding steroid dienone is 2. The van der Waals surface area contributed by atoms with Crippen molar-refractivity contribution in [2.75, 3.05) is 0 Å². The highest BCUT2D eigenvalue weighted by atomic mass is 16.2. The summed E-state index contributed by atoms with van der Waals surface area (Å²) in [6.07, 6.45) is 3.43. The predicted molar refractivity (Wildman–Crippen MR) is 30.9 cm³/mol. The van der Waals surface area contributed by atoms with Crippen molar-refractivity contribution in [2.24, 2.45) is 0 Å². The quantitative estimate of drug-likeness (QED) is 0.300. The van der Waals surface area contributed by atoms with E-state index in [1.54, 1.807) is 0 Å². The molecule has 9 heavy (non-hydrogen) atoms. The van der Waals surface area contributed by atoms with Gasteiger partial charge in [0, 0.05) is 6.42 Å². The van der Waals surface area contributed by atoms with Crippen molar-refractivity contribution < 1.29 is 14.4 Å². The molecule has 0 aliphatic carbocycles. The van der Waals surface area contributed by atoms with Gasteiger partial charge in [-0.05, 0) is 6.08 Å². The van der Waals surface area contributed by atoms with Gasteiger partial charge in [-0.15, -0.1) is 0 Å². The summed E-state index contributed by atoms with van der Waals surface area (Å²) in [5.41, 5.74) is 0. The minimum absolute atomic E-state index is 0.180. The van der Waals surface area contributed by atoms with Crippen molar-refractivity contribution in [3.8, 4) is 0 Å². The highest BCUT2D eigenvalue weighted by molar-refractivity contribution is 6.30. The third-order valence-corrected chi connectivity index (χ3v) is 0.631. The molecule has 0 saturated heterocycles. The fourth-order valence-electron chi connectivity index (χ4n) is 0.279. The highest BCUT2D eigenvalue weighted by Crippen LogP contribution is 1.76. The smallest absolute Gasteiger partial charge is 0.217 e. The van der Waals surface area contributed by atoms with Gasteiger partial charge >= 0.3 is 0 Å². The van der Waals surface area contributed by atoms with Gasteiger partial charge in [0.1, 0.15) is 6.29 Å². The molecule has 0 aliphatic heterocycles. The van der Waals surface area contributed by atoms with Gasteiger partial charge in [0.25, 0.3) is 0 Å². The zero-order chi connectivity index (χ0) is 7.11. The SMILES string of the molecule is O=CC/C=C/C(=O)C=O. The first-order valence-electron chi connectivity index (χ1n) is 2.40. The largest absolute Gasteiger partial charge is 0.303 e. The predicted octanol–water partition coefficient (Wildman–Crippen LogP) is -0.100. The Hall–Kier alpha value is -1.25. The molecular formula is C6H6O3. The van der Waals surface area contributed by atoms with Gasteiger partial charge in [0.05, 0.1) is 0 Å². The summed E-state index contributed by atoms with van der Waals surface area (Å²) < 4.78 is 0. The average Bonchev–Trinajstić information content (AvgIpc) is 1.89. The molecule has 0 aromatic rings. The van der Waals surface area contributed by atoms with Crippen LogP contribution in [0.15, 0.2) is 12.2 Å². The number of ketones is 1. The maximum atomic E-state index is 10.1. The van der Waals surface area contributed by atoms with Crippen LogP contribution in [0.2, 0.25) is 0 Å². The molecule has 0 N–H and O–H groups in total. The Morgan fingerprint density at radius 2 is 2.00 bits per heavy atom. The van der Waals surface area contributed by atoms with Crippen molar-refractivity contribution in [2.45, 2.75) is 6.42 Å². The molecule has 0 unspecified atom stereocenters. The topological polar surface area (TPSA) is 51.2 Å². The lowest BCUT2D eigenvalue weighted by atomic mass is 10.3. The van der Waals surface area contributed by atoms with E-state index >= 15 is 0 Å². The lowest BCUT2D eigenvalue weighted by molar-refractivity contribution is -0.126. The second-order valence-electron chi connectivity index (χ2n) is 1.32. The summed E-state index contributed by atoms with van der Waals surface area (Å²) in [6, 6.07) is 0. The molecule has 0 radical (unpaired) electrons. The molecule has 0 amide bonds. The van der Waals surface area contributed by atoms with Crippen LogP contribution in [0.1, 0.15) is 6.42 Å². The van der Waals surface area contributed by atoms with Crippen molar-refractivity contribution in [3.63, 3.8) is 0 Å². The Labute approximate surface area is 52.4 Å². The van der Waals surface area contributed by atoms with Gasteiger partial charge in [0.2, 0.25) is 5.78 Å². The van der Waals surface area contributed by atoms with E-state index in [9.17, 15) is 14.4 Å². The minimum Gasteiger partial charge on any atom is -0.303 e. The third-order valence-electron chi connectivity index (χ3n) is 0.631. The first-order chi connectivity index (χ1) is 4.31. The molecule has 48 valence electrons. The summed E-state index contributed by atoms with van der Waals surface area (Å²) in [6.45, 7) is 0. The Morgan fingerprint density at radius 1 is 1.33 bits per heavy atom. The molecule has 0 aliphatic rings. The summed E-state index contributed by atoms with van der Waals surface area (Å²) in [7, 11) is 0. The molecule has 3 heteroatoms. The molecule has 0 saturated carbocycles. The number of carbonyl (C=O) groups excluding carboxylic acids is 3. The van der Waals surface area contributed by atoms with Crippen LogP contribution < -0.4 is 0 Å². The van der Waals surface area contributed by atoms with E-state index in [0.29, 0.717) is 6.29 Å². The van der Waals surface area contributed by atoms with Crippen LogP contribution in [0.5, 0.6) is 0 Å². The van der Waals surface area contributed by atoms with Gasteiger partial charge in [-0.2, -0.15) is 0 Å². The van der Waals surface area contributed by atoms with Crippen LogP contribution in [-0.4, -0.2) is 18.4 Å². The molecule has 0 fully saturated rings. The Morgan fingerprint density at radius 3 is 2.44 bits per heavy atom. The minimum atomic E-state index is -0.614. The monoisotopic (exact) mass is 126 g/mol. The van der Waals surface area contributed by atoms with E-state index in [-0.39, 0.29) is 12.7 Å². The summed E-state index contributed by atoms with van der Waals surface area (Å²) in [4.78, 5) is 29.3. The third kappa shape index (κ3) is 4.61. The van der Waals surface area contributed by atoms with Gasteiger partial charge < -0.3 is 4.79 Å². The van der Waals surface area contributed by atoms with Crippen LogP contribution in [0.3, 0.4) is 0 Å².